The summed E-state index contributed by atoms with van der Waals surface area (Å²) in [6.45, 7) is 0. The minimum absolute atomic E-state index is 0.844. The van der Waals surface area contributed by atoms with Gasteiger partial charge in [0.05, 0.1) is 28.5 Å². The molecular formula is C31H21N5. The molecule has 0 radical (unpaired) electrons. The van der Waals surface area contributed by atoms with E-state index in [4.69, 9.17) is 15.0 Å². The van der Waals surface area contributed by atoms with E-state index in [2.05, 4.69) is 70.6 Å². The molecule has 2 aliphatic rings. The molecule has 2 aliphatic heterocycles. The fourth-order valence-electron chi connectivity index (χ4n) is 4.74. The number of H-pyrrole nitrogens is 2. The average molecular weight is 464 g/mol. The van der Waals surface area contributed by atoms with Crippen LogP contribution in [0, 0.1) is 0 Å². The molecule has 0 aliphatic carbocycles. The van der Waals surface area contributed by atoms with E-state index in [1.54, 1.807) is 0 Å². The molecule has 0 fully saturated rings. The van der Waals surface area contributed by atoms with Crippen molar-refractivity contribution in [3.63, 3.8) is 0 Å². The van der Waals surface area contributed by atoms with Gasteiger partial charge in [0.15, 0.2) is 0 Å². The highest BCUT2D eigenvalue weighted by molar-refractivity contribution is 6.05. The van der Waals surface area contributed by atoms with E-state index in [9.17, 15) is 0 Å². The summed E-state index contributed by atoms with van der Waals surface area (Å²) in [5.41, 5.74) is 11.5. The fraction of sp³-hybridized carbons (Fsp3) is 0. The van der Waals surface area contributed by atoms with Crippen LogP contribution in [0.3, 0.4) is 0 Å². The first-order valence-corrected chi connectivity index (χ1v) is 11.9. The van der Waals surface area contributed by atoms with Crippen molar-refractivity contribution in [2.75, 3.05) is 0 Å². The Balaban J connectivity index is 1.60. The molecule has 0 saturated heterocycles. The fourth-order valence-corrected chi connectivity index (χ4v) is 4.74. The van der Waals surface area contributed by atoms with Crippen molar-refractivity contribution in [1.29, 1.82) is 0 Å². The number of benzene rings is 1. The highest BCUT2D eigenvalue weighted by Crippen LogP contribution is 2.38. The van der Waals surface area contributed by atoms with Crippen LogP contribution in [0.1, 0.15) is 34.0 Å². The Hall–Kier alpha value is -5.03. The quantitative estimate of drug-likeness (QED) is 0.293. The summed E-state index contributed by atoms with van der Waals surface area (Å²) in [6, 6.07) is 33.0. The number of pyridine rings is 1. The van der Waals surface area contributed by atoms with Gasteiger partial charge in [-0.3, -0.25) is 4.98 Å². The van der Waals surface area contributed by atoms with Crippen LogP contribution in [0.4, 0.5) is 0 Å². The number of aromatic nitrogens is 5. The summed E-state index contributed by atoms with van der Waals surface area (Å²) in [6.07, 6.45) is 5.88. The second-order valence-electron chi connectivity index (χ2n) is 8.82. The van der Waals surface area contributed by atoms with Crippen molar-refractivity contribution in [3.8, 4) is 0 Å². The van der Waals surface area contributed by atoms with Crippen LogP contribution in [-0.2, 0) is 0 Å². The summed E-state index contributed by atoms with van der Waals surface area (Å²) in [7, 11) is 0. The van der Waals surface area contributed by atoms with Crippen molar-refractivity contribution in [3.05, 3.63) is 137 Å². The molecular weight excluding hydrogens is 442 g/mol. The molecule has 170 valence electrons. The van der Waals surface area contributed by atoms with Gasteiger partial charge in [0.1, 0.15) is 0 Å². The molecule has 7 rings (SSSR count). The molecule has 5 nitrogen and oxygen atoms in total. The van der Waals surface area contributed by atoms with Gasteiger partial charge in [0, 0.05) is 39.4 Å². The number of nitrogens with one attached hydrogen (secondary N) is 2. The lowest BCUT2D eigenvalue weighted by Crippen LogP contribution is -1.93. The highest BCUT2D eigenvalue weighted by Gasteiger charge is 2.24. The predicted molar refractivity (Wildman–Crippen MR) is 146 cm³/mol. The van der Waals surface area contributed by atoms with Gasteiger partial charge in [-0.2, -0.15) is 0 Å². The lowest BCUT2D eigenvalue weighted by molar-refractivity contribution is 1.24. The molecule has 1 aromatic carbocycles. The first-order chi connectivity index (χ1) is 17.8. The molecule has 36 heavy (non-hydrogen) atoms. The second-order valence-corrected chi connectivity index (χ2v) is 8.82. The van der Waals surface area contributed by atoms with E-state index >= 15 is 0 Å². The Labute approximate surface area is 207 Å². The topological polar surface area (TPSA) is 70.2 Å². The van der Waals surface area contributed by atoms with Gasteiger partial charge < -0.3 is 9.97 Å². The van der Waals surface area contributed by atoms with Crippen molar-refractivity contribution in [2.45, 2.75) is 0 Å². The van der Waals surface area contributed by atoms with Gasteiger partial charge in [0.2, 0.25) is 0 Å². The zero-order valence-electron chi connectivity index (χ0n) is 19.3. The van der Waals surface area contributed by atoms with Gasteiger partial charge in [-0.1, -0.05) is 36.4 Å². The zero-order valence-corrected chi connectivity index (χ0v) is 19.3. The molecule has 0 saturated carbocycles. The number of nitrogens with zero attached hydrogens (tertiary/aromatic N) is 3. The Bertz CT molecular complexity index is 1820. The maximum Gasteiger partial charge on any atom is 0.0759 e. The minimum Gasteiger partial charge on any atom is -0.355 e. The van der Waals surface area contributed by atoms with Crippen molar-refractivity contribution >= 4 is 45.4 Å². The number of hydrogen-bond donors (Lipinski definition) is 2. The third-order valence-corrected chi connectivity index (χ3v) is 6.32. The number of aromatic amines is 2. The summed E-state index contributed by atoms with van der Waals surface area (Å²) >= 11 is 0. The van der Waals surface area contributed by atoms with Gasteiger partial charge in [-0.15, -0.1) is 0 Å². The second kappa shape index (κ2) is 8.32. The van der Waals surface area contributed by atoms with Crippen LogP contribution in [0.5, 0.6) is 0 Å². The first kappa shape index (κ1) is 20.4. The monoisotopic (exact) mass is 463 g/mol. The number of rotatable bonds is 2. The number of hydrogen-bond acceptors (Lipinski definition) is 3. The van der Waals surface area contributed by atoms with Gasteiger partial charge >= 0.3 is 0 Å². The molecule has 4 aromatic heterocycles. The van der Waals surface area contributed by atoms with Crippen molar-refractivity contribution in [1.82, 2.24) is 24.9 Å². The molecule has 2 N–H and O–H groups in total. The molecule has 6 heterocycles. The predicted octanol–water partition coefficient (Wildman–Crippen LogP) is 6.89. The largest absolute Gasteiger partial charge is 0.355 e. The average Bonchev–Trinajstić information content (AvgIpc) is 3.70. The SMILES string of the molecule is C1=Cc2cc3ccc(cc4ccc(cc5nc(cc1n2)C(c1ccccn1)=C5c1ccccc1)[nH]4)[nH]3. The third kappa shape index (κ3) is 3.73. The summed E-state index contributed by atoms with van der Waals surface area (Å²) in [5, 5.41) is 0. The standard InChI is InChI=1S/C31H21N5/c1-2-6-20(7-3-1)30-28-18-25-13-11-23(34-25)16-21-9-10-22(33-21)17-24-12-14-26(35-24)19-29(36-28)31(30)27-8-4-5-15-32-27/h1-19,33-34H. The Morgan fingerprint density at radius 1 is 0.472 bits per heavy atom. The summed E-state index contributed by atoms with van der Waals surface area (Å²) < 4.78 is 0. The van der Waals surface area contributed by atoms with E-state index < -0.39 is 0 Å². The zero-order chi connectivity index (χ0) is 23.9. The van der Waals surface area contributed by atoms with Crippen LogP contribution in [0.25, 0.3) is 45.4 Å². The molecule has 0 unspecified atom stereocenters. The molecule has 0 spiro atoms. The van der Waals surface area contributed by atoms with Gasteiger partial charge in [0.25, 0.3) is 0 Å². The summed E-state index contributed by atoms with van der Waals surface area (Å²) in [4.78, 5) is 21.6. The van der Waals surface area contributed by atoms with Crippen LogP contribution in [-0.4, -0.2) is 24.9 Å². The molecule has 5 heteroatoms. The van der Waals surface area contributed by atoms with E-state index in [-0.39, 0.29) is 0 Å². The van der Waals surface area contributed by atoms with Gasteiger partial charge in [-0.05, 0) is 78.4 Å². The Kier molecular flexibility index (Phi) is 4.71. The van der Waals surface area contributed by atoms with Crippen LogP contribution < -0.4 is 0 Å². The van der Waals surface area contributed by atoms with Crippen molar-refractivity contribution in [2.24, 2.45) is 0 Å². The van der Waals surface area contributed by atoms with Crippen LogP contribution >= 0.6 is 0 Å². The van der Waals surface area contributed by atoms with E-state index in [0.29, 0.717) is 0 Å². The molecule has 0 amide bonds. The van der Waals surface area contributed by atoms with E-state index in [0.717, 1.165) is 67.2 Å². The van der Waals surface area contributed by atoms with Crippen LogP contribution in [0.2, 0.25) is 0 Å². The maximum absolute atomic E-state index is 5.13. The van der Waals surface area contributed by atoms with Gasteiger partial charge in [-0.25, -0.2) is 9.97 Å². The summed E-state index contributed by atoms with van der Waals surface area (Å²) in [5.74, 6) is 0. The van der Waals surface area contributed by atoms with E-state index in [1.165, 1.54) is 0 Å². The van der Waals surface area contributed by atoms with Crippen LogP contribution in [0.15, 0.2) is 103 Å². The molecule has 5 aromatic rings. The van der Waals surface area contributed by atoms with E-state index in [1.807, 2.05) is 54.7 Å². The highest BCUT2D eigenvalue weighted by atomic mass is 14.8. The Morgan fingerprint density at radius 2 is 1.11 bits per heavy atom. The lowest BCUT2D eigenvalue weighted by Gasteiger charge is -2.08. The lowest BCUT2D eigenvalue weighted by atomic mass is 9.95. The number of fused-ring (bicyclic) bond motifs is 8. The molecule has 8 bridgehead atoms. The minimum atomic E-state index is 0.844. The normalized spacial score (nSPS) is 12.8. The maximum atomic E-state index is 5.13. The van der Waals surface area contributed by atoms with Crippen molar-refractivity contribution < 1.29 is 0 Å². The Morgan fingerprint density at radius 3 is 1.83 bits per heavy atom. The molecule has 0 atom stereocenters. The third-order valence-electron chi connectivity index (χ3n) is 6.32. The first-order valence-electron chi connectivity index (χ1n) is 11.9. The smallest absolute Gasteiger partial charge is 0.0759 e.